The maximum atomic E-state index is 13.5. The summed E-state index contributed by atoms with van der Waals surface area (Å²) in [7, 11) is -4.60. The van der Waals surface area contributed by atoms with E-state index in [0.717, 1.165) is 36.8 Å². The molecule has 2 amide bonds. The molecule has 1 aliphatic rings. The number of carbonyl (C=O) groups is 3. The highest BCUT2D eigenvalue weighted by atomic mass is 28.4. The van der Waals surface area contributed by atoms with E-state index in [9.17, 15) is 14.4 Å². The lowest BCUT2D eigenvalue weighted by molar-refractivity contribution is -0.116. The molecule has 0 bridgehead atoms. The molecule has 0 spiro atoms. The van der Waals surface area contributed by atoms with Gasteiger partial charge in [0.25, 0.3) is 0 Å². The third-order valence-corrected chi connectivity index (χ3v) is 22.7. The van der Waals surface area contributed by atoms with Crippen LogP contribution in [-0.4, -0.2) is 52.7 Å². The van der Waals surface area contributed by atoms with Gasteiger partial charge in [0.05, 0.1) is 6.10 Å². The van der Waals surface area contributed by atoms with Crippen molar-refractivity contribution in [2.75, 3.05) is 0 Å². The molecule has 0 aromatic carbocycles. The topological polar surface area (TPSA) is 117 Å². The van der Waals surface area contributed by atoms with E-state index in [2.05, 4.69) is 131 Å². The minimum atomic E-state index is -2.42. The predicted octanol–water partition coefficient (Wildman–Crippen LogP) is 13.1. The number of amides is 2. The fourth-order valence-electron chi connectivity index (χ4n) is 7.96. The fourth-order valence-corrected chi connectivity index (χ4v) is 14.8. The van der Waals surface area contributed by atoms with E-state index in [0.29, 0.717) is 35.9 Å². The third kappa shape index (κ3) is 19.5. The molecular weight excluding hydrogens is 769 g/mol. The number of nitrogens with one attached hydrogen (secondary N) is 1. The molecule has 10 heteroatoms. The number of primary amides is 1. The zero-order chi connectivity index (χ0) is 45.1. The average molecular weight is 853 g/mol. The molecule has 1 rings (SSSR count). The zero-order valence-corrected chi connectivity index (χ0v) is 41.9. The first-order chi connectivity index (χ1) is 27.3. The van der Waals surface area contributed by atoms with Gasteiger partial charge in [-0.3, -0.25) is 9.59 Å². The molecule has 0 heterocycles. The van der Waals surface area contributed by atoms with Gasteiger partial charge in [-0.1, -0.05) is 128 Å². The van der Waals surface area contributed by atoms with Gasteiger partial charge >= 0.3 is 6.09 Å². The van der Waals surface area contributed by atoms with E-state index < -0.39 is 34.9 Å². The molecule has 8 nitrogen and oxygen atoms in total. The Morgan fingerprint density at radius 3 is 2.08 bits per heavy atom. The SMILES string of the molecule is CC(C)=CC(=O)N/C=C/C(C)=C/[C@H](C)[C@@H]1CC(=O)/C=C/CCC[C@@H](O[Si](C)(C)C(C)(C)C)/C=C/[C@@H](O[Si](C(C)C)(C(C)C)C(C)C)[C@H](OC(N)=O)CC/C=C/C=C(\C)C1. The Morgan fingerprint density at radius 1 is 0.898 bits per heavy atom. The van der Waals surface area contributed by atoms with Crippen LogP contribution in [0.2, 0.25) is 34.8 Å². The third-order valence-electron chi connectivity index (χ3n) is 12.1. The molecule has 334 valence electrons. The molecular formula is C49H84N2O6Si2. The molecule has 0 aliphatic heterocycles. The van der Waals surface area contributed by atoms with Crippen LogP contribution in [-0.2, 0) is 23.2 Å². The molecule has 0 aromatic heterocycles. The van der Waals surface area contributed by atoms with Gasteiger partial charge in [0.15, 0.2) is 14.1 Å². The van der Waals surface area contributed by atoms with Crippen LogP contribution in [0, 0.1) is 11.8 Å². The second-order valence-electron chi connectivity index (χ2n) is 19.5. The Balaban J connectivity index is 3.72. The quantitative estimate of drug-likeness (QED) is 0.0825. The van der Waals surface area contributed by atoms with Crippen molar-refractivity contribution in [2.45, 2.75) is 195 Å². The number of hydrogen-bond donors (Lipinski definition) is 2. The summed E-state index contributed by atoms with van der Waals surface area (Å²) in [5.74, 6) is 0.155. The van der Waals surface area contributed by atoms with Crippen LogP contribution in [0.4, 0.5) is 4.79 Å². The summed E-state index contributed by atoms with van der Waals surface area (Å²) in [5, 5.41) is 2.80. The lowest BCUT2D eigenvalue weighted by atomic mass is 9.83. The molecule has 0 aromatic rings. The monoisotopic (exact) mass is 853 g/mol. The summed E-state index contributed by atoms with van der Waals surface area (Å²) in [6, 6.07) is 0. The maximum absolute atomic E-state index is 13.5. The molecule has 0 radical (unpaired) electrons. The van der Waals surface area contributed by atoms with Crippen LogP contribution >= 0.6 is 0 Å². The Bertz CT molecular complexity index is 1530. The molecule has 0 saturated carbocycles. The smallest absolute Gasteiger partial charge is 0.404 e. The van der Waals surface area contributed by atoms with Gasteiger partial charge in [0, 0.05) is 18.7 Å². The molecule has 0 fully saturated rings. The van der Waals surface area contributed by atoms with E-state index in [1.807, 2.05) is 32.9 Å². The molecule has 59 heavy (non-hydrogen) atoms. The summed E-state index contributed by atoms with van der Waals surface area (Å²) < 4.78 is 20.4. The van der Waals surface area contributed by atoms with E-state index in [4.69, 9.17) is 19.3 Å². The first-order valence-electron chi connectivity index (χ1n) is 22.1. The summed E-state index contributed by atoms with van der Waals surface area (Å²) in [6.07, 6.45) is 24.3. The zero-order valence-electron chi connectivity index (χ0n) is 39.9. The predicted molar refractivity (Wildman–Crippen MR) is 254 cm³/mol. The lowest BCUT2D eigenvalue weighted by Gasteiger charge is -2.45. The number of ketones is 1. The van der Waals surface area contributed by atoms with Crippen molar-refractivity contribution >= 4 is 34.4 Å². The van der Waals surface area contributed by atoms with Crippen LogP contribution in [0.15, 0.2) is 83.7 Å². The summed E-state index contributed by atoms with van der Waals surface area (Å²) in [6.45, 7) is 34.9. The number of rotatable bonds is 13. The fraction of sp³-hybridized carbons (Fsp3) is 0.653. The number of nitrogens with two attached hydrogens (primary N) is 1. The number of ether oxygens (including phenoxy) is 1. The summed E-state index contributed by atoms with van der Waals surface area (Å²) in [5.41, 5.74) is 9.87. The van der Waals surface area contributed by atoms with Crippen molar-refractivity contribution in [2.24, 2.45) is 17.6 Å². The highest BCUT2D eigenvalue weighted by molar-refractivity contribution is 6.77. The van der Waals surface area contributed by atoms with Gasteiger partial charge in [-0.15, -0.1) is 0 Å². The van der Waals surface area contributed by atoms with Gasteiger partial charge in [-0.2, -0.15) is 0 Å². The van der Waals surface area contributed by atoms with Gasteiger partial charge in [0.1, 0.15) is 12.2 Å². The standard InChI is InChI=1S/C49H84N2O6Si2/c1-35(2)31-47(53)51-30-29-40(10)32-41(11)42-33-39(9)23-19-17-22-26-45(55-48(50)54)46(57-59(36(3)4,37(5)6)38(7)8)28-27-44(56-58(15,16)49(12,13)14)25-21-18-20-24-43(52)34-42/h17,19-20,23-24,27-32,36-38,41-42,44-46H,18,21-22,25-26,33-34H2,1-16H3,(H2,50,54)(H,51,53)/b19-17+,24-20+,28-27+,30-29+,39-23+,40-32+/t41-,42-,44+,45+,46+/m0/s1. The average Bonchev–Trinajstić information content (AvgIpc) is 3.08. The van der Waals surface area contributed by atoms with Crippen LogP contribution in [0.25, 0.3) is 0 Å². The van der Waals surface area contributed by atoms with Crippen LogP contribution in [0.1, 0.15) is 142 Å². The molecule has 0 saturated heterocycles. The summed E-state index contributed by atoms with van der Waals surface area (Å²) in [4.78, 5) is 38.0. The Morgan fingerprint density at radius 2 is 1.53 bits per heavy atom. The van der Waals surface area contributed by atoms with Crippen LogP contribution in [0.5, 0.6) is 0 Å². The number of allylic oxidation sites excluding steroid dienone is 10. The van der Waals surface area contributed by atoms with Crippen molar-refractivity contribution in [1.29, 1.82) is 0 Å². The van der Waals surface area contributed by atoms with E-state index >= 15 is 0 Å². The van der Waals surface area contributed by atoms with E-state index in [1.165, 1.54) is 5.57 Å². The summed E-state index contributed by atoms with van der Waals surface area (Å²) >= 11 is 0. The first-order valence-corrected chi connectivity index (χ1v) is 27.2. The van der Waals surface area contributed by atoms with E-state index in [1.54, 1.807) is 18.4 Å². The minimum absolute atomic E-state index is 0.0110. The number of carbonyl (C=O) groups excluding carboxylic acids is 3. The van der Waals surface area contributed by atoms with Crippen LogP contribution in [0.3, 0.4) is 0 Å². The van der Waals surface area contributed by atoms with E-state index in [-0.39, 0.29) is 34.7 Å². The maximum Gasteiger partial charge on any atom is 0.404 e. The minimum Gasteiger partial charge on any atom is -0.443 e. The van der Waals surface area contributed by atoms with Crippen molar-refractivity contribution in [3.05, 3.63) is 83.7 Å². The normalized spacial score (nSPS) is 24.6. The van der Waals surface area contributed by atoms with Gasteiger partial charge < -0.3 is 24.6 Å². The Kier molecular flexibility index (Phi) is 23.5. The highest BCUT2D eigenvalue weighted by Gasteiger charge is 2.48. The molecule has 1 aliphatic carbocycles. The lowest BCUT2D eigenvalue weighted by Crippen LogP contribution is -2.52. The Labute approximate surface area is 362 Å². The molecule has 5 atom stereocenters. The van der Waals surface area contributed by atoms with Crippen molar-refractivity contribution in [1.82, 2.24) is 5.32 Å². The molecule has 3 N–H and O–H groups in total. The number of hydrogen-bond acceptors (Lipinski definition) is 6. The second-order valence-corrected chi connectivity index (χ2v) is 29.7. The van der Waals surface area contributed by atoms with Crippen molar-refractivity contribution in [3.63, 3.8) is 0 Å². The second kappa shape index (κ2) is 25.7. The van der Waals surface area contributed by atoms with Crippen LogP contribution < -0.4 is 11.1 Å². The van der Waals surface area contributed by atoms with Crippen molar-refractivity contribution in [3.8, 4) is 0 Å². The van der Waals surface area contributed by atoms with Crippen molar-refractivity contribution < 1.29 is 28.0 Å². The first kappa shape index (κ1) is 54.0. The highest BCUT2D eigenvalue weighted by Crippen LogP contribution is 2.44. The largest absolute Gasteiger partial charge is 0.443 e. The Hall–Kier alpha value is -3.06. The molecule has 0 unspecified atom stereocenters. The van der Waals surface area contributed by atoms with Gasteiger partial charge in [-0.25, -0.2) is 4.79 Å². The van der Waals surface area contributed by atoms with Gasteiger partial charge in [-0.05, 0) is 125 Å². The van der Waals surface area contributed by atoms with Gasteiger partial charge in [0.2, 0.25) is 14.2 Å².